The van der Waals surface area contributed by atoms with Gasteiger partial charge in [-0.2, -0.15) is 0 Å². The van der Waals surface area contributed by atoms with E-state index in [0.29, 0.717) is 6.54 Å². The Morgan fingerprint density at radius 1 is 1.16 bits per heavy atom. The SMILES string of the molecule is COc1ccc(-c2cc(C)nc(CCCN)n2)cc1. The van der Waals surface area contributed by atoms with Gasteiger partial charge < -0.3 is 10.5 Å². The molecule has 2 rings (SSSR count). The smallest absolute Gasteiger partial charge is 0.129 e. The Balaban J connectivity index is 2.29. The molecule has 0 spiro atoms. The molecule has 1 aromatic heterocycles. The Labute approximate surface area is 113 Å². The molecule has 100 valence electrons. The second kappa shape index (κ2) is 6.29. The molecule has 0 aliphatic rings. The zero-order chi connectivity index (χ0) is 13.7. The monoisotopic (exact) mass is 257 g/mol. The summed E-state index contributed by atoms with van der Waals surface area (Å²) in [5.74, 6) is 1.70. The van der Waals surface area contributed by atoms with Crippen LogP contribution < -0.4 is 10.5 Å². The molecular weight excluding hydrogens is 238 g/mol. The Hall–Kier alpha value is -1.94. The van der Waals surface area contributed by atoms with E-state index in [1.54, 1.807) is 7.11 Å². The van der Waals surface area contributed by atoms with Crippen LogP contribution in [0.1, 0.15) is 17.9 Å². The summed E-state index contributed by atoms with van der Waals surface area (Å²) in [6.07, 6.45) is 1.73. The number of hydrogen-bond acceptors (Lipinski definition) is 4. The maximum Gasteiger partial charge on any atom is 0.129 e. The third kappa shape index (κ3) is 3.51. The molecular formula is C15H19N3O. The number of benzene rings is 1. The van der Waals surface area contributed by atoms with Crippen LogP contribution in [0, 0.1) is 6.92 Å². The van der Waals surface area contributed by atoms with E-state index in [1.165, 1.54) is 0 Å². The minimum absolute atomic E-state index is 0.662. The fourth-order valence-corrected chi connectivity index (χ4v) is 1.91. The normalized spacial score (nSPS) is 10.5. The number of rotatable bonds is 5. The van der Waals surface area contributed by atoms with Crippen LogP contribution in [0.4, 0.5) is 0 Å². The first-order chi connectivity index (χ1) is 9.22. The zero-order valence-corrected chi connectivity index (χ0v) is 11.4. The van der Waals surface area contributed by atoms with E-state index in [-0.39, 0.29) is 0 Å². The lowest BCUT2D eigenvalue weighted by atomic mass is 10.1. The average molecular weight is 257 g/mol. The van der Waals surface area contributed by atoms with Gasteiger partial charge in [-0.3, -0.25) is 0 Å². The van der Waals surface area contributed by atoms with Crippen LogP contribution in [-0.4, -0.2) is 23.6 Å². The molecule has 2 aromatic rings. The molecule has 0 saturated heterocycles. The summed E-state index contributed by atoms with van der Waals surface area (Å²) in [5, 5.41) is 0. The van der Waals surface area contributed by atoms with Crippen LogP contribution in [-0.2, 0) is 6.42 Å². The first-order valence-electron chi connectivity index (χ1n) is 6.42. The van der Waals surface area contributed by atoms with Crippen LogP contribution in [0.3, 0.4) is 0 Å². The molecule has 0 aliphatic heterocycles. The van der Waals surface area contributed by atoms with E-state index in [0.717, 1.165) is 41.4 Å². The van der Waals surface area contributed by atoms with Crippen molar-refractivity contribution in [2.45, 2.75) is 19.8 Å². The first-order valence-corrected chi connectivity index (χ1v) is 6.42. The van der Waals surface area contributed by atoms with Gasteiger partial charge in [-0.15, -0.1) is 0 Å². The lowest BCUT2D eigenvalue weighted by Gasteiger charge is -2.07. The number of methoxy groups -OCH3 is 1. The molecule has 2 N–H and O–H groups in total. The van der Waals surface area contributed by atoms with Crippen LogP contribution in [0.25, 0.3) is 11.3 Å². The summed E-state index contributed by atoms with van der Waals surface area (Å²) < 4.78 is 5.16. The van der Waals surface area contributed by atoms with Crippen LogP contribution >= 0.6 is 0 Å². The van der Waals surface area contributed by atoms with Crippen molar-refractivity contribution in [3.63, 3.8) is 0 Å². The number of hydrogen-bond donors (Lipinski definition) is 1. The molecule has 0 atom stereocenters. The van der Waals surface area contributed by atoms with Crippen molar-refractivity contribution in [3.05, 3.63) is 41.9 Å². The number of nitrogens with two attached hydrogens (primary N) is 1. The molecule has 0 radical (unpaired) electrons. The third-order valence-corrected chi connectivity index (χ3v) is 2.89. The summed E-state index contributed by atoms with van der Waals surface area (Å²) in [5.41, 5.74) is 8.52. The predicted molar refractivity (Wildman–Crippen MR) is 76.1 cm³/mol. The standard InChI is InChI=1S/C15H19N3O/c1-11-10-14(18-15(17-11)4-3-9-16)12-5-7-13(19-2)8-6-12/h5-8,10H,3-4,9,16H2,1-2H3. The molecule has 19 heavy (non-hydrogen) atoms. The summed E-state index contributed by atoms with van der Waals surface area (Å²) >= 11 is 0. The topological polar surface area (TPSA) is 61.0 Å². The van der Waals surface area contributed by atoms with E-state index in [9.17, 15) is 0 Å². The van der Waals surface area contributed by atoms with Crippen molar-refractivity contribution in [2.75, 3.05) is 13.7 Å². The van der Waals surface area contributed by atoms with Gasteiger partial charge in [-0.1, -0.05) is 0 Å². The van der Waals surface area contributed by atoms with Crippen molar-refractivity contribution in [3.8, 4) is 17.0 Å². The fraction of sp³-hybridized carbons (Fsp3) is 0.333. The summed E-state index contributed by atoms with van der Waals surface area (Å²) in [6, 6.07) is 9.88. The van der Waals surface area contributed by atoms with E-state index < -0.39 is 0 Å². The Morgan fingerprint density at radius 2 is 1.89 bits per heavy atom. The number of ether oxygens (including phenoxy) is 1. The maximum absolute atomic E-state index is 5.53. The van der Waals surface area contributed by atoms with Gasteiger partial charge in [0.15, 0.2) is 0 Å². The summed E-state index contributed by atoms with van der Waals surface area (Å²) in [7, 11) is 1.66. The predicted octanol–water partition coefficient (Wildman–Crippen LogP) is 2.35. The fourth-order valence-electron chi connectivity index (χ4n) is 1.91. The van der Waals surface area contributed by atoms with Crippen molar-refractivity contribution >= 4 is 0 Å². The van der Waals surface area contributed by atoms with E-state index in [1.807, 2.05) is 37.3 Å². The summed E-state index contributed by atoms with van der Waals surface area (Å²) in [6.45, 7) is 2.65. The third-order valence-electron chi connectivity index (χ3n) is 2.89. The second-order valence-corrected chi connectivity index (χ2v) is 4.43. The molecule has 0 saturated carbocycles. The highest BCUT2D eigenvalue weighted by Crippen LogP contribution is 2.21. The molecule has 4 nitrogen and oxygen atoms in total. The number of aryl methyl sites for hydroxylation is 2. The van der Waals surface area contributed by atoms with Crippen LogP contribution in [0.5, 0.6) is 5.75 Å². The highest BCUT2D eigenvalue weighted by Gasteiger charge is 2.05. The van der Waals surface area contributed by atoms with Crippen LogP contribution in [0.2, 0.25) is 0 Å². The van der Waals surface area contributed by atoms with Crippen molar-refractivity contribution in [2.24, 2.45) is 5.73 Å². The minimum atomic E-state index is 0.662. The van der Waals surface area contributed by atoms with Gasteiger partial charge in [0.05, 0.1) is 12.8 Å². The van der Waals surface area contributed by atoms with Gasteiger partial charge in [0.25, 0.3) is 0 Å². The zero-order valence-electron chi connectivity index (χ0n) is 11.4. The highest BCUT2D eigenvalue weighted by atomic mass is 16.5. The largest absolute Gasteiger partial charge is 0.497 e. The molecule has 0 unspecified atom stereocenters. The Bertz CT molecular complexity index is 538. The van der Waals surface area contributed by atoms with Gasteiger partial charge in [-0.25, -0.2) is 9.97 Å². The van der Waals surface area contributed by atoms with Crippen LogP contribution in [0.15, 0.2) is 30.3 Å². The number of aromatic nitrogens is 2. The maximum atomic E-state index is 5.53. The van der Waals surface area contributed by atoms with Gasteiger partial charge >= 0.3 is 0 Å². The molecule has 4 heteroatoms. The van der Waals surface area contributed by atoms with Gasteiger partial charge in [0.2, 0.25) is 0 Å². The molecule has 0 aliphatic carbocycles. The van der Waals surface area contributed by atoms with E-state index in [2.05, 4.69) is 9.97 Å². The average Bonchev–Trinajstić information content (AvgIpc) is 2.44. The Morgan fingerprint density at radius 3 is 2.53 bits per heavy atom. The van der Waals surface area contributed by atoms with Gasteiger partial charge in [0, 0.05) is 17.7 Å². The highest BCUT2D eigenvalue weighted by molar-refractivity contribution is 5.60. The quantitative estimate of drug-likeness (QED) is 0.893. The second-order valence-electron chi connectivity index (χ2n) is 4.43. The molecule has 0 bridgehead atoms. The van der Waals surface area contributed by atoms with E-state index in [4.69, 9.17) is 10.5 Å². The molecule has 0 fully saturated rings. The van der Waals surface area contributed by atoms with Gasteiger partial charge in [-0.05, 0) is 50.2 Å². The first kappa shape index (κ1) is 13.5. The van der Waals surface area contributed by atoms with Crippen molar-refractivity contribution in [1.29, 1.82) is 0 Å². The lowest BCUT2D eigenvalue weighted by molar-refractivity contribution is 0.415. The van der Waals surface area contributed by atoms with Crippen molar-refractivity contribution in [1.82, 2.24) is 9.97 Å². The molecule has 0 amide bonds. The van der Waals surface area contributed by atoms with Crippen molar-refractivity contribution < 1.29 is 4.74 Å². The number of nitrogens with zero attached hydrogens (tertiary/aromatic N) is 2. The molecule has 1 aromatic carbocycles. The molecule has 1 heterocycles. The van der Waals surface area contributed by atoms with E-state index >= 15 is 0 Å². The lowest BCUT2D eigenvalue weighted by Crippen LogP contribution is -2.04. The Kier molecular flexibility index (Phi) is 4.47. The summed E-state index contributed by atoms with van der Waals surface area (Å²) in [4.78, 5) is 9.03. The van der Waals surface area contributed by atoms with Gasteiger partial charge in [0.1, 0.15) is 11.6 Å². The minimum Gasteiger partial charge on any atom is -0.497 e.